The summed E-state index contributed by atoms with van der Waals surface area (Å²) >= 11 is 0. The fraction of sp³-hybridized carbons (Fsp3) is 0.579. The summed E-state index contributed by atoms with van der Waals surface area (Å²) in [7, 11) is 0. The van der Waals surface area contributed by atoms with Gasteiger partial charge in [0.1, 0.15) is 23.9 Å². The Labute approximate surface area is 148 Å². The van der Waals surface area contributed by atoms with Crippen LogP contribution >= 0.6 is 0 Å². The summed E-state index contributed by atoms with van der Waals surface area (Å²) in [4.78, 5) is 0. The van der Waals surface area contributed by atoms with E-state index in [9.17, 15) is 25.5 Å². The van der Waals surface area contributed by atoms with Gasteiger partial charge in [0.2, 0.25) is 0 Å². The highest BCUT2D eigenvalue weighted by atomic mass is 16.4. The molecule has 0 saturated heterocycles. The molecule has 0 saturated carbocycles. The third-order valence-corrected chi connectivity index (χ3v) is 4.37. The minimum absolute atomic E-state index is 0.0203. The van der Waals surface area contributed by atoms with Gasteiger partial charge in [-0.1, -0.05) is 55.8 Å². The summed E-state index contributed by atoms with van der Waals surface area (Å²) in [6, 6.07) is 9.61. The normalized spacial score (nSPS) is 19.3. The van der Waals surface area contributed by atoms with Gasteiger partial charge in [0.15, 0.2) is 0 Å². The van der Waals surface area contributed by atoms with E-state index < -0.39 is 36.6 Å². The first-order valence-corrected chi connectivity index (χ1v) is 8.63. The van der Waals surface area contributed by atoms with Gasteiger partial charge < -0.3 is 30.6 Å². The monoisotopic (exact) mass is 354 g/mol. The van der Waals surface area contributed by atoms with Crippen molar-refractivity contribution in [1.29, 1.82) is 0 Å². The predicted molar refractivity (Wildman–Crippen MR) is 95.7 cm³/mol. The summed E-state index contributed by atoms with van der Waals surface area (Å²) in [5.41, 5.74) is -1.06. The first-order chi connectivity index (χ1) is 11.9. The van der Waals surface area contributed by atoms with Gasteiger partial charge >= 0.3 is 0 Å². The summed E-state index contributed by atoms with van der Waals surface area (Å²) < 4.78 is 0. The van der Waals surface area contributed by atoms with Crippen LogP contribution < -0.4 is 0 Å². The van der Waals surface area contributed by atoms with Crippen LogP contribution in [0.4, 0.5) is 0 Å². The molecule has 0 fully saturated rings. The predicted octanol–water partition coefficient (Wildman–Crippen LogP) is 0.447. The lowest BCUT2D eigenvalue weighted by Gasteiger charge is -2.39. The molecule has 0 aliphatic rings. The molecular formula is C19H30O6. The Bertz CT molecular complexity index is 506. The van der Waals surface area contributed by atoms with Gasteiger partial charge in [0.05, 0.1) is 12.7 Å². The number of aliphatic hydroxyl groups is 6. The van der Waals surface area contributed by atoms with Crippen LogP contribution in [0.2, 0.25) is 0 Å². The van der Waals surface area contributed by atoms with E-state index in [1.54, 1.807) is 6.92 Å². The van der Waals surface area contributed by atoms with E-state index in [1.807, 2.05) is 42.5 Å². The zero-order valence-electron chi connectivity index (χ0n) is 14.6. The van der Waals surface area contributed by atoms with Crippen molar-refractivity contribution >= 4 is 6.08 Å². The van der Waals surface area contributed by atoms with Crippen molar-refractivity contribution in [2.45, 2.75) is 62.6 Å². The summed E-state index contributed by atoms with van der Waals surface area (Å²) in [5, 5.41) is 59.7. The molecule has 0 aromatic heterocycles. The maximum absolute atomic E-state index is 10.4. The van der Waals surface area contributed by atoms with E-state index in [0.717, 1.165) is 5.56 Å². The Morgan fingerprint density at radius 3 is 2.28 bits per heavy atom. The maximum atomic E-state index is 10.4. The number of benzene rings is 1. The number of hydrogen-bond donors (Lipinski definition) is 6. The molecule has 1 unspecified atom stereocenters. The molecule has 0 heterocycles. The van der Waals surface area contributed by atoms with Crippen molar-refractivity contribution in [1.82, 2.24) is 0 Å². The van der Waals surface area contributed by atoms with Crippen LogP contribution in [0.3, 0.4) is 0 Å². The molecule has 1 aromatic carbocycles. The zero-order chi connectivity index (χ0) is 18.9. The van der Waals surface area contributed by atoms with Gasteiger partial charge in [-0.15, -0.1) is 0 Å². The molecule has 1 aromatic rings. The van der Waals surface area contributed by atoms with Crippen LogP contribution in [0.25, 0.3) is 6.08 Å². The smallest absolute Gasteiger partial charge is 0.121 e. The molecule has 0 amide bonds. The van der Waals surface area contributed by atoms with Crippen molar-refractivity contribution in [3.05, 3.63) is 42.0 Å². The summed E-state index contributed by atoms with van der Waals surface area (Å²) in [6.07, 6.45) is -1.51. The van der Waals surface area contributed by atoms with Crippen LogP contribution in [0.5, 0.6) is 0 Å². The third kappa shape index (κ3) is 6.18. The van der Waals surface area contributed by atoms with Gasteiger partial charge in [0, 0.05) is 0 Å². The molecule has 142 valence electrons. The molecule has 0 bridgehead atoms. The van der Waals surface area contributed by atoms with Crippen molar-refractivity contribution in [2.24, 2.45) is 0 Å². The zero-order valence-corrected chi connectivity index (χ0v) is 14.6. The van der Waals surface area contributed by atoms with Gasteiger partial charge in [-0.2, -0.15) is 0 Å². The lowest BCUT2D eigenvalue weighted by atomic mass is 9.81. The van der Waals surface area contributed by atoms with Crippen LogP contribution in [0.1, 0.15) is 38.2 Å². The van der Waals surface area contributed by atoms with E-state index >= 15 is 0 Å². The fourth-order valence-electron chi connectivity index (χ4n) is 2.80. The van der Waals surface area contributed by atoms with Gasteiger partial charge in [-0.05, 0) is 24.8 Å². The molecule has 0 spiro atoms. The molecule has 25 heavy (non-hydrogen) atoms. The lowest BCUT2D eigenvalue weighted by Crippen LogP contribution is -2.60. The topological polar surface area (TPSA) is 121 Å². The van der Waals surface area contributed by atoms with Crippen LogP contribution in [-0.4, -0.2) is 67.3 Å². The highest BCUT2D eigenvalue weighted by molar-refractivity contribution is 5.48. The number of allylic oxidation sites excluding steroid dienone is 1. The molecular weight excluding hydrogens is 324 g/mol. The molecule has 6 nitrogen and oxygen atoms in total. The molecule has 6 heteroatoms. The first-order valence-electron chi connectivity index (χ1n) is 8.63. The number of aliphatic hydroxyl groups excluding tert-OH is 5. The highest BCUT2D eigenvalue weighted by Gasteiger charge is 2.46. The Kier molecular flexibility index (Phi) is 9.27. The molecule has 0 aliphatic heterocycles. The van der Waals surface area contributed by atoms with Crippen LogP contribution in [0, 0.1) is 0 Å². The Morgan fingerprint density at radius 2 is 1.72 bits per heavy atom. The maximum Gasteiger partial charge on any atom is 0.121 e. The third-order valence-electron chi connectivity index (χ3n) is 4.37. The lowest BCUT2D eigenvalue weighted by molar-refractivity contribution is -0.203. The molecule has 1 rings (SSSR count). The van der Waals surface area contributed by atoms with E-state index in [1.165, 1.54) is 0 Å². The first kappa shape index (κ1) is 21.8. The van der Waals surface area contributed by atoms with Crippen molar-refractivity contribution in [3.8, 4) is 0 Å². The average molecular weight is 354 g/mol. The summed E-state index contributed by atoms with van der Waals surface area (Å²) in [6.45, 7) is 0.981. The second kappa shape index (κ2) is 10.7. The molecule has 0 aliphatic carbocycles. The highest BCUT2D eigenvalue weighted by Crippen LogP contribution is 2.26. The van der Waals surface area contributed by atoms with Crippen molar-refractivity contribution in [2.75, 3.05) is 6.61 Å². The minimum atomic E-state index is -2.08. The largest absolute Gasteiger partial charge is 0.394 e. The SMILES string of the molecule is CCC[C@@](O)([C@H](O)CO)[C@H](O)[C@@H](O)C(O)CCC=Cc1ccccc1. The van der Waals surface area contributed by atoms with Gasteiger partial charge in [-0.25, -0.2) is 0 Å². The number of hydrogen-bond acceptors (Lipinski definition) is 6. The Morgan fingerprint density at radius 1 is 1.08 bits per heavy atom. The number of rotatable bonds is 11. The molecule has 6 N–H and O–H groups in total. The van der Waals surface area contributed by atoms with E-state index in [2.05, 4.69) is 0 Å². The Hall–Kier alpha value is -1.28. The average Bonchev–Trinajstić information content (AvgIpc) is 2.63. The van der Waals surface area contributed by atoms with Crippen molar-refractivity contribution in [3.63, 3.8) is 0 Å². The fourth-order valence-corrected chi connectivity index (χ4v) is 2.80. The van der Waals surface area contributed by atoms with E-state index in [-0.39, 0.29) is 12.8 Å². The van der Waals surface area contributed by atoms with Crippen LogP contribution in [0.15, 0.2) is 36.4 Å². The molecule has 5 atom stereocenters. The van der Waals surface area contributed by atoms with E-state index in [4.69, 9.17) is 5.11 Å². The van der Waals surface area contributed by atoms with Crippen molar-refractivity contribution < 1.29 is 30.6 Å². The van der Waals surface area contributed by atoms with Gasteiger partial charge in [0.25, 0.3) is 0 Å². The minimum Gasteiger partial charge on any atom is -0.394 e. The quantitative estimate of drug-likeness (QED) is 0.343. The Balaban J connectivity index is 2.61. The second-order valence-electron chi connectivity index (χ2n) is 6.33. The van der Waals surface area contributed by atoms with Gasteiger partial charge in [-0.3, -0.25) is 0 Å². The van der Waals surface area contributed by atoms with E-state index in [0.29, 0.717) is 12.8 Å². The molecule has 0 radical (unpaired) electrons. The summed E-state index contributed by atoms with van der Waals surface area (Å²) in [5.74, 6) is 0. The van der Waals surface area contributed by atoms with Crippen LogP contribution in [-0.2, 0) is 0 Å². The second-order valence-corrected chi connectivity index (χ2v) is 6.33. The standard InChI is InChI=1S/C19H30O6/c1-2-12-19(25,16(22)13-20)18(24)17(23)15(21)11-7-6-10-14-8-4-3-5-9-14/h3-6,8-10,15-18,20-25H,2,7,11-13H2,1H3/t15?,16-,17+,18-,19-/m1/s1.